The molecule has 27 heavy (non-hydrogen) atoms. The van der Waals surface area contributed by atoms with Crippen molar-refractivity contribution in [3.63, 3.8) is 0 Å². The molecule has 0 saturated heterocycles. The molecule has 0 unspecified atom stereocenters. The highest BCUT2D eigenvalue weighted by Crippen LogP contribution is 2.46. The molecule has 1 aliphatic carbocycles. The molecule has 0 atom stereocenters. The molecule has 0 N–H and O–H groups in total. The average molecular weight is 362 g/mol. The predicted molar refractivity (Wildman–Crippen MR) is 97.3 cm³/mol. The van der Waals surface area contributed by atoms with Crippen LogP contribution in [0.2, 0.25) is 0 Å². The number of hydrogen-bond donors (Lipinski definition) is 0. The van der Waals surface area contributed by atoms with E-state index in [1.54, 1.807) is 17.9 Å². The fourth-order valence-electron chi connectivity index (χ4n) is 3.65. The van der Waals surface area contributed by atoms with Gasteiger partial charge in [0.25, 0.3) is 5.56 Å². The van der Waals surface area contributed by atoms with Gasteiger partial charge in [0.15, 0.2) is 17.0 Å². The topological polar surface area (TPSA) is 91.6 Å². The maximum atomic E-state index is 12.6. The van der Waals surface area contributed by atoms with Crippen LogP contribution in [-0.4, -0.2) is 29.2 Å². The van der Waals surface area contributed by atoms with E-state index in [1.807, 2.05) is 6.07 Å². The largest absolute Gasteiger partial charge is 0.337 e. The number of hydrogen-bond acceptors (Lipinski definition) is 6. The molecule has 8 nitrogen and oxygen atoms in total. The van der Waals surface area contributed by atoms with Gasteiger partial charge in [-0.15, -0.1) is 0 Å². The zero-order valence-electron chi connectivity index (χ0n) is 14.8. The number of nitrogens with zero attached hydrogens (tertiary/aromatic N) is 6. The van der Waals surface area contributed by atoms with Crippen molar-refractivity contribution in [2.24, 2.45) is 7.05 Å². The quantitative estimate of drug-likeness (QED) is 0.553. The van der Waals surface area contributed by atoms with E-state index in [0.29, 0.717) is 28.9 Å². The number of aromatic nitrogens is 6. The maximum Gasteiger partial charge on any atom is 0.280 e. The highest BCUT2D eigenvalue weighted by atomic mass is 16.5. The average Bonchev–Trinajstić information content (AvgIpc) is 3.25. The Morgan fingerprint density at radius 1 is 1.11 bits per heavy atom. The fourth-order valence-corrected chi connectivity index (χ4v) is 3.65. The van der Waals surface area contributed by atoms with Gasteiger partial charge in [-0.1, -0.05) is 35.5 Å². The van der Waals surface area contributed by atoms with Crippen LogP contribution in [0.25, 0.3) is 11.2 Å². The number of benzene rings is 1. The number of rotatable bonds is 4. The molecule has 3 heterocycles. The summed E-state index contributed by atoms with van der Waals surface area (Å²) < 4.78 is 8.51. The molecule has 4 aromatic rings. The summed E-state index contributed by atoms with van der Waals surface area (Å²) in [6.45, 7) is 0.203. The van der Waals surface area contributed by atoms with Gasteiger partial charge in [-0.25, -0.2) is 9.97 Å². The molecule has 0 radical (unpaired) electrons. The lowest BCUT2D eigenvalue weighted by molar-refractivity contribution is 0.315. The first-order valence-electron chi connectivity index (χ1n) is 8.93. The van der Waals surface area contributed by atoms with Crippen molar-refractivity contribution in [3.8, 4) is 0 Å². The second kappa shape index (κ2) is 6.15. The van der Waals surface area contributed by atoms with E-state index >= 15 is 0 Å². The normalized spacial score (nSPS) is 19.3. The highest BCUT2D eigenvalue weighted by Gasteiger charge is 2.34. The highest BCUT2D eigenvalue weighted by molar-refractivity contribution is 5.68. The van der Waals surface area contributed by atoms with Crippen LogP contribution in [-0.2, 0) is 13.6 Å². The van der Waals surface area contributed by atoms with Crippen LogP contribution in [0, 0.1) is 0 Å². The first kappa shape index (κ1) is 15.9. The zero-order valence-corrected chi connectivity index (χ0v) is 14.8. The summed E-state index contributed by atoms with van der Waals surface area (Å²) in [5, 5.41) is 4.12. The molecule has 1 aliphatic rings. The Labute approximate surface area is 154 Å². The summed E-state index contributed by atoms with van der Waals surface area (Å²) in [4.78, 5) is 25.4. The second-order valence-corrected chi connectivity index (χ2v) is 7.03. The molecule has 5 rings (SSSR count). The minimum absolute atomic E-state index is 0.174. The van der Waals surface area contributed by atoms with Gasteiger partial charge in [-0.3, -0.25) is 9.36 Å². The molecule has 8 heteroatoms. The summed E-state index contributed by atoms with van der Waals surface area (Å²) >= 11 is 0. The molecular formula is C19H18N6O2. The number of fused-ring (bicyclic) bond motifs is 1. The van der Waals surface area contributed by atoms with Crippen LogP contribution < -0.4 is 5.56 Å². The lowest BCUT2D eigenvalue weighted by Crippen LogP contribution is -2.23. The lowest BCUT2D eigenvalue weighted by atomic mass is 9.71. The Hall–Kier alpha value is -3.29. The van der Waals surface area contributed by atoms with Crippen molar-refractivity contribution >= 4 is 11.2 Å². The zero-order chi connectivity index (χ0) is 18.4. The first-order valence-corrected chi connectivity index (χ1v) is 8.93. The van der Waals surface area contributed by atoms with Gasteiger partial charge >= 0.3 is 0 Å². The van der Waals surface area contributed by atoms with E-state index in [4.69, 9.17) is 4.52 Å². The summed E-state index contributed by atoms with van der Waals surface area (Å²) in [6.07, 6.45) is 5.08. The molecule has 0 bridgehead atoms. The van der Waals surface area contributed by atoms with Gasteiger partial charge in [0.1, 0.15) is 12.9 Å². The van der Waals surface area contributed by atoms with Crippen LogP contribution in [0.5, 0.6) is 0 Å². The molecule has 1 aromatic carbocycles. The van der Waals surface area contributed by atoms with E-state index in [2.05, 4.69) is 44.4 Å². The van der Waals surface area contributed by atoms with Gasteiger partial charge < -0.3 is 9.09 Å². The van der Waals surface area contributed by atoms with Crippen LogP contribution >= 0.6 is 0 Å². The van der Waals surface area contributed by atoms with Crippen LogP contribution in [0.15, 0.2) is 52.3 Å². The predicted octanol–water partition coefficient (Wildman–Crippen LogP) is 2.22. The third-order valence-electron chi connectivity index (χ3n) is 5.26. The Balaban J connectivity index is 1.31. The lowest BCUT2D eigenvalue weighted by Gasteiger charge is -2.33. The van der Waals surface area contributed by atoms with Crippen molar-refractivity contribution in [2.75, 3.05) is 0 Å². The molecule has 1 saturated carbocycles. The van der Waals surface area contributed by atoms with Gasteiger partial charge in [-0.05, 0) is 24.3 Å². The van der Waals surface area contributed by atoms with Gasteiger partial charge in [0.2, 0.25) is 5.89 Å². The van der Waals surface area contributed by atoms with E-state index < -0.39 is 0 Å². The fraction of sp³-hybridized carbons (Fsp3) is 0.316. The van der Waals surface area contributed by atoms with Crippen LogP contribution in [0.3, 0.4) is 0 Å². The third-order valence-corrected chi connectivity index (χ3v) is 5.26. The second-order valence-electron chi connectivity index (χ2n) is 7.03. The molecule has 136 valence electrons. The Morgan fingerprint density at radius 2 is 1.89 bits per heavy atom. The number of aryl methyl sites for hydroxylation is 1. The molecule has 0 aliphatic heterocycles. The summed E-state index contributed by atoms with van der Waals surface area (Å²) in [5.74, 6) is 2.00. The number of imidazole rings is 1. The van der Waals surface area contributed by atoms with E-state index in [0.717, 1.165) is 18.7 Å². The third kappa shape index (κ3) is 2.73. The molecule has 1 fully saturated rings. The molecular weight excluding hydrogens is 344 g/mol. The van der Waals surface area contributed by atoms with Crippen molar-refractivity contribution < 1.29 is 4.52 Å². The molecule has 0 amide bonds. The van der Waals surface area contributed by atoms with Crippen molar-refractivity contribution in [1.82, 2.24) is 29.2 Å². The van der Waals surface area contributed by atoms with Crippen molar-refractivity contribution in [2.45, 2.75) is 31.2 Å². The van der Waals surface area contributed by atoms with Crippen LogP contribution in [0.1, 0.15) is 42.0 Å². The molecule has 3 aromatic heterocycles. The minimum Gasteiger partial charge on any atom is -0.337 e. The maximum absolute atomic E-state index is 12.6. The summed E-state index contributed by atoms with van der Waals surface area (Å²) in [5.41, 5.74) is 2.08. The monoisotopic (exact) mass is 362 g/mol. The minimum atomic E-state index is -0.174. The molecule has 0 spiro atoms. The summed E-state index contributed by atoms with van der Waals surface area (Å²) in [6, 6.07) is 10.5. The van der Waals surface area contributed by atoms with Crippen LogP contribution in [0.4, 0.5) is 0 Å². The van der Waals surface area contributed by atoms with E-state index in [1.165, 1.54) is 16.5 Å². The van der Waals surface area contributed by atoms with Gasteiger partial charge in [0.05, 0.1) is 6.33 Å². The van der Waals surface area contributed by atoms with Crippen molar-refractivity contribution in [1.29, 1.82) is 0 Å². The Kier molecular flexibility index (Phi) is 3.63. The van der Waals surface area contributed by atoms with E-state index in [-0.39, 0.29) is 12.1 Å². The summed E-state index contributed by atoms with van der Waals surface area (Å²) in [7, 11) is 1.77. The van der Waals surface area contributed by atoms with Crippen molar-refractivity contribution in [3.05, 3.63) is 70.6 Å². The van der Waals surface area contributed by atoms with Gasteiger partial charge in [-0.2, -0.15) is 4.98 Å². The Morgan fingerprint density at radius 3 is 2.70 bits per heavy atom. The smallest absolute Gasteiger partial charge is 0.280 e. The van der Waals surface area contributed by atoms with E-state index in [9.17, 15) is 4.79 Å². The SMILES string of the molecule is Cn1cnc2ncn(Cc3nc([C@H]4C[C@H](c5ccccc5)C4)no3)c(=O)c21. The van der Waals surface area contributed by atoms with Gasteiger partial charge in [0, 0.05) is 13.0 Å². The Bertz CT molecular complexity index is 1150. The standard InChI is InChI=1S/C19H18N6O2/c1-24-10-20-18-16(24)19(26)25(11-21-18)9-15-22-17(23-27-15)14-7-13(8-14)12-5-3-2-4-6-12/h2-6,10-11,13-14H,7-9H2,1H3/t13-,14-. The first-order chi connectivity index (χ1) is 13.2.